The zero-order valence-electron chi connectivity index (χ0n) is 24.8. The van der Waals surface area contributed by atoms with E-state index in [0.717, 1.165) is 61.9 Å². The van der Waals surface area contributed by atoms with Gasteiger partial charge in [0.15, 0.2) is 5.65 Å². The van der Waals surface area contributed by atoms with Crippen molar-refractivity contribution in [2.24, 2.45) is 0 Å². The van der Waals surface area contributed by atoms with Crippen LogP contribution in [0.5, 0.6) is 0 Å². The van der Waals surface area contributed by atoms with Crippen molar-refractivity contribution >= 4 is 17.2 Å². The maximum absolute atomic E-state index is 14.2. The minimum absolute atomic E-state index is 0.0367. The molecule has 11 heteroatoms. The third-order valence-corrected chi connectivity index (χ3v) is 8.94. The summed E-state index contributed by atoms with van der Waals surface area (Å²) in [7, 11) is 0. The number of carbonyl (C=O) groups excluding carboxylic acids is 1. The lowest BCUT2D eigenvalue weighted by atomic mass is 9.90. The highest BCUT2D eigenvalue weighted by Gasteiger charge is 2.43. The Labute approximate surface area is 246 Å². The number of pyridine rings is 1. The number of nitrogens with zero attached hydrogens (tertiary/aromatic N) is 7. The number of ether oxygens (including phenoxy) is 1. The summed E-state index contributed by atoms with van der Waals surface area (Å²) in [6.45, 7) is 14.2. The molecule has 0 spiro atoms. The van der Waals surface area contributed by atoms with E-state index >= 15 is 0 Å². The van der Waals surface area contributed by atoms with Gasteiger partial charge < -0.3 is 15.0 Å². The molecule has 1 N–H and O–H groups in total. The highest BCUT2D eigenvalue weighted by Crippen LogP contribution is 2.42. The van der Waals surface area contributed by atoms with Crippen LogP contribution in [-0.2, 0) is 21.4 Å². The normalized spacial score (nSPS) is 24.6. The van der Waals surface area contributed by atoms with Gasteiger partial charge in [0.05, 0.1) is 31.1 Å². The van der Waals surface area contributed by atoms with Gasteiger partial charge in [-0.1, -0.05) is 26.0 Å². The van der Waals surface area contributed by atoms with E-state index in [0.29, 0.717) is 31.2 Å². The first-order chi connectivity index (χ1) is 20.1. The van der Waals surface area contributed by atoms with E-state index in [1.807, 2.05) is 15.4 Å². The van der Waals surface area contributed by atoms with Crippen LogP contribution in [0.15, 0.2) is 30.3 Å². The number of anilines is 1. The number of carbonyl (C=O) groups is 1. The van der Waals surface area contributed by atoms with E-state index in [9.17, 15) is 14.4 Å². The highest BCUT2D eigenvalue weighted by atomic mass is 19.1. The number of piperazine rings is 1. The van der Waals surface area contributed by atoms with Crippen molar-refractivity contribution in [3.05, 3.63) is 58.8 Å². The van der Waals surface area contributed by atoms with Gasteiger partial charge in [-0.15, -0.1) is 10.2 Å². The Bertz CT molecular complexity index is 1510. The molecule has 0 aliphatic carbocycles. The van der Waals surface area contributed by atoms with Gasteiger partial charge >= 0.3 is 0 Å². The van der Waals surface area contributed by atoms with E-state index in [1.165, 1.54) is 12.1 Å². The van der Waals surface area contributed by atoms with Gasteiger partial charge in [0, 0.05) is 68.2 Å². The highest BCUT2D eigenvalue weighted by molar-refractivity contribution is 5.98. The van der Waals surface area contributed by atoms with Gasteiger partial charge in [0.25, 0.3) is 0 Å². The van der Waals surface area contributed by atoms with Crippen LogP contribution in [0.3, 0.4) is 0 Å². The second-order valence-electron chi connectivity index (χ2n) is 12.7. The van der Waals surface area contributed by atoms with Crippen LogP contribution in [0.1, 0.15) is 50.3 Å². The molecule has 0 saturated carbocycles. The summed E-state index contributed by atoms with van der Waals surface area (Å²) < 4.78 is 21.1. The van der Waals surface area contributed by atoms with Crippen molar-refractivity contribution in [2.75, 3.05) is 57.4 Å². The smallest absolute Gasteiger partial charge is 0.241 e. The third-order valence-electron chi connectivity index (χ3n) is 8.94. The van der Waals surface area contributed by atoms with E-state index in [1.54, 1.807) is 12.1 Å². The second kappa shape index (κ2) is 11.3. The van der Waals surface area contributed by atoms with Gasteiger partial charge in [-0.2, -0.15) is 5.26 Å². The quantitative estimate of drug-likeness (QED) is 0.479. The van der Waals surface area contributed by atoms with Crippen molar-refractivity contribution in [3.8, 4) is 6.07 Å². The summed E-state index contributed by atoms with van der Waals surface area (Å²) in [5, 5.41) is 22.1. The molecule has 6 rings (SSSR count). The minimum atomic E-state index is -0.426. The molecule has 3 aromatic rings. The monoisotopic (exact) mass is 574 g/mol. The Morgan fingerprint density at radius 3 is 2.74 bits per heavy atom. The average Bonchev–Trinajstić information content (AvgIpc) is 3.50. The molecule has 3 atom stereocenters. The number of rotatable bonds is 6. The molecule has 3 aliphatic rings. The van der Waals surface area contributed by atoms with Crippen LogP contribution in [0.4, 0.5) is 10.1 Å². The maximum atomic E-state index is 14.2. The summed E-state index contributed by atoms with van der Waals surface area (Å²) in [6, 6.07) is 11.4. The van der Waals surface area contributed by atoms with Crippen LogP contribution >= 0.6 is 0 Å². The van der Waals surface area contributed by atoms with E-state index in [2.05, 4.69) is 59.1 Å². The number of amides is 1. The number of aromatic nitrogens is 3. The van der Waals surface area contributed by atoms with E-state index in [4.69, 9.17) is 4.74 Å². The largest absolute Gasteiger partial charge is 0.379 e. The fraction of sp³-hybridized carbons (Fsp3) is 0.548. The summed E-state index contributed by atoms with van der Waals surface area (Å²) in [5.74, 6) is -0.0657. The standard InChI is InChI=1S/C31H39FN8O2/c1-20-15-38(25(14-34-20)16-37-9-10-42-18-21(37)2)17-28(41)39-19-31(3,4)29-26(39)12-23(11-22-5-7-24(32)8-6-22)30-36-35-27(13-33)40(29)30/h5-8,12,20-21,25,34H,9-11,14-19H2,1-4H3/t20-,21-,25-/m1/s1. The number of benzene rings is 1. The molecule has 5 heterocycles. The lowest BCUT2D eigenvalue weighted by Gasteiger charge is -2.43. The SMILES string of the molecule is C[C@@H]1CN(CC(=O)N2CC(C)(C)c3c2cc(Cc2ccc(F)cc2)c2nnc(C#N)n32)[C@@H](CN2CCOC[C@H]2C)CN1. The Morgan fingerprint density at radius 1 is 1.21 bits per heavy atom. The topological polar surface area (TPSA) is 102 Å². The van der Waals surface area contributed by atoms with Crippen LogP contribution in [0.25, 0.3) is 5.65 Å². The van der Waals surface area contributed by atoms with Gasteiger partial charge in [0.2, 0.25) is 11.7 Å². The Balaban J connectivity index is 1.33. The Hall–Kier alpha value is -3.43. The van der Waals surface area contributed by atoms with Crippen LogP contribution in [0.2, 0.25) is 0 Å². The van der Waals surface area contributed by atoms with Gasteiger partial charge in [0.1, 0.15) is 11.9 Å². The zero-order chi connectivity index (χ0) is 29.6. The molecule has 0 bridgehead atoms. The molecule has 1 amide bonds. The van der Waals surface area contributed by atoms with E-state index < -0.39 is 5.41 Å². The van der Waals surface area contributed by atoms with Gasteiger partial charge in [-0.25, -0.2) is 4.39 Å². The number of hydrogen-bond donors (Lipinski definition) is 1. The molecule has 2 saturated heterocycles. The molecule has 0 radical (unpaired) electrons. The molecule has 222 valence electrons. The van der Waals surface area contributed by atoms with Crippen molar-refractivity contribution in [1.82, 2.24) is 29.7 Å². The predicted molar refractivity (Wildman–Crippen MR) is 157 cm³/mol. The fourth-order valence-electron chi connectivity index (χ4n) is 6.74. The molecular weight excluding hydrogens is 535 g/mol. The first-order valence-electron chi connectivity index (χ1n) is 14.8. The fourth-order valence-corrected chi connectivity index (χ4v) is 6.74. The van der Waals surface area contributed by atoms with Crippen LogP contribution in [-0.4, -0.2) is 101 Å². The van der Waals surface area contributed by atoms with E-state index in [-0.39, 0.29) is 29.6 Å². The molecule has 3 aliphatic heterocycles. The lowest BCUT2D eigenvalue weighted by Crippen LogP contribution is -2.62. The number of hydrogen-bond acceptors (Lipinski definition) is 8. The number of nitrogens with one attached hydrogen (secondary N) is 1. The number of halogens is 1. The average molecular weight is 575 g/mol. The lowest BCUT2D eigenvalue weighted by molar-refractivity contribution is -0.121. The summed E-state index contributed by atoms with van der Waals surface area (Å²) in [5.41, 5.74) is 3.55. The van der Waals surface area contributed by atoms with Crippen molar-refractivity contribution in [3.63, 3.8) is 0 Å². The number of nitriles is 1. The van der Waals surface area contributed by atoms with Crippen LogP contribution in [0, 0.1) is 17.1 Å². The van der Waals surface area contributed by atoms with Crippen molar-refractivity contribution < 1.29 is 13.9 Å². The summed E-state index contributed by atoms with van der Waals surface area (Å²) in [6.07, 6.45) is 0.470. The minimum Gasteiger partial charge on any atom is -0.379 e. The molecule has 10 nitrogen and oxygen atoms in total. The van der Waals surface area contributed by atoms with Crippen LogP contribution < -0.4 is 10.2 Å². The maximum Gasteiger partial charge on any atom is 0.241 e. The summed E-state index contributed by atoms with van der Waals surface area (Å²) in [4.78, 5) is 20.9. The molecule has 0 unspecified atom stereocenters. The van der Waals surface area contributed by atoms with Crippen molar-refractivity contribution in [1.29, 1.82) is 5.26 Å². The third kappa shape index (κ3) is 5.40. The molecule has 1 aromatic carbocycles. The Kier molecular flexibility index (Phi) is 7.74. The van der Waals surface area contributed by atoms with Crippen molar-refractivity contribution in [2.45, 2.75) is 57.7 Å². The first kappa shape index (κ1) is 28.7. The zero-order valence-corrected chi connectivity index (χ0v) is 24.8. The molecule has 2 fully saturated rings. The second-order valence-corrected chi connectivity index (χ2v) is 12.7. The van der Waals surface area contributed by atoms with Gasteiger partial charge in [-0.05, 0) is 37.6 Å². The van der Waals surface area contributed by atoms with Gasteiger partial charge in [-0.3, -0.25) is 19.0 Å². The molecule has 42 heavy (non-hydrogen) atoms. The molecule has 2 aromatic heterocycles. The number of fused-ring (bicyclic) bond motifs is 3. The Morgan fingerprint density at radius 2 is 2.00 bits per heavy atom. The first-order valence-corrected chi connectivity index (χ1v) is 14.8. The predicted octanol–water partition coefficient (Wildman–Crippen LogP) is 2.34. The number of morpholine rings is 1. The molecular formula is C31H39FN8O2. The summed E-state index contributed by atoms with van der Waals surface area (Å²) >= 11 is 0.